The Morgan fingerprint density at radius 3 is 2.38 bits per heavy atom. The molecule has 0 bridgehead atoms. The van der Waals surface area contributed by atoms with E-state index in [2.05, 4.69) is 6.92 Å². The monoisotopic (exact) mass is 228 g/mol. The van der Waals surface area contributed by atoms with Gasteiger partial charge < -0.3 is 9.84 Å². The van der Waals surface area contributed by atoms with Crippen LogP contribution in [-0.2, 0) is 14.3 Å². The molecule has 1 N–H and O–H groups in total. The normalized spacial score (nSPS) is 11.7. The van der Waals surface area contributed by atoms with Gasteiger partial charge in [0.2, 0.25) is 0 Å². The first-order valence-electron chi connectivity index (χ1n) is 5.51. The number of hydrogen-bond donors (Lipinski definition) is 1. The summed E-state index contributed by atoms with van der Waals surface area (Å²) in [6.45, 7) is 5.76. The molecule has 0 heterocycles. The van der Waals surface area contributed by atoms with E-state index in [0.717, 1.165) is 37.8 Å². The molecule has 0 saturated heterocycles. The van der Waals surface area contributed by atoms with Crippen LogP contribution in [0.1, 0.15) is 46.5 Å². The number of rotatable bonds is 7. The average Bonchev–Trinajstić information content (AvgIpc) is 2.14. The van der Waals surface area contributed by atoms with Crippen molar-refractivity contribution in [2.24, 2.45) is 0 Å². The van der Waals surface area contributed by atoms with Crippen LogP contribution in [0.15, 0.2) is 12.2 Å². The van der Waals surface area contributed by atoms with Crippen LogP contribution < -0.4 is 0 Å². The quantitative estimate of drug-likeness (QED) is 0.413. The first-order chi connectivity index (χ1) is 7.37. The summed E-state index contributed by atoms with van der Waals surface area (Å²) in [5.74, 6) is -1.76. The van der Waals surface area contributed by atoms with Gasteiger partial charge in [0.05, 0.1) is 0 Å². The molecule has 0 aromatic rings. The fourth-order valence-corrected chi connectivity index (χ4v) is 1.30. The molecule has 0 aromatic heterocycles. The Kier molecular flexibility index (Phi) is 6.46. The molecular weight excluding hydrogens is 208 g/mol. The summed E-state index contributed by atoms with van der Waals surface area (Å²) in [6, 6.07) is 0. The number of unbranched alkanes of at least 4 members (excludes halogenated alkanes) is 2. The molecule has 0 unspecified atom stereocenters. The van der Waals surface area contributed by atoms with Crippen molar-refractivity contribution in [3.8, 4) is 0 Å². The van der Waals surface area contributed by atoms with E-state index in [9.17, 15) is 9.59 Å². The van der Waals surface area contributed by atoms with Crippen LogP contribution in [0.25, 0.3) is 0 Å². The van der Waals surface area contributed by atoms with E-state index in [0.29, 0.717) is 0 Å². The summed E-state index contributed by atoms with van der Waals surface area (Å²) in [7, 11) is 0. The van der Waals surface area contributed by atoms with Crippen LogP contribution >= 0.6 is 0 Å². The molecule has 0 aliphatic heterocycles. The number of carboxylic acid groups (broad SMARTS) is 1. The Balaban J connectivity index is 4.04. The van der Waals surface area contributed by atoms with Gasteiger partial charge in [0.15, 0.2) is 0 Å². The molecule has 0 radical (unpaired) electrons. The molecule has 4 nitrogen and oxygen atoms in total. The Morgan fingerprint density at radius 1 is 1.25 bits per heavy atom. The van der Waals surface area contributed by atoms with Gasteiger partial charge in [0, 0.05) is 12.2 Å². The highest BCUT2D eigenvalue weighted by Gasteiger charge is 2.20. The minimum Gasteiger partial charge on any atom is -0.478 e. The topological polar surface area (TPSA) is 63.6 Å². The molecule has 4 heteroatoms. The van der Waals surface area contributed by atoms with Crippen LogP contribution in [0, 0.1) is 0 Å². The third-order valence-electron chi connectivity index (χ3n) is 2.12. The number of aliphatic carboxylic acids is 1. The molecule has 0 aromatic carbocycles. The minimum atomic E-state index is -1.15. The van der Waals surface area contributed by atoms with Crippen molar-refractivity contribution >= 4 is 11.9 Å². The van der Waals surface area contributed by atoms with Crippen molar-refractivity contribution in [3.05, 3.63) is 12.2 Å². The molecule has 0 aliphatic carbocycles. The fourth-order valence-electron chi connectivity index (χ4n) is 1.30. The minimum absolute atomic E-state index is 0.533. The van der Waals surface area contributed by atoms with Gasteiger partial charge in [-0.05, 0) is 26.7 Å². The highest BCUT2D eigenvalue weighted by atomic mass is 16.6. The van der Waals surface area contributed by atoms with Gasteiger partial charge in [-0.15, -0.1) is 0 Å². The van der Waals surface area contributed by atoms with Gasteiger partial charge in [-0.1, -0.05) is 19.8 Å². The molecule has 0 spiro atoms. The Labute approximate surface area is 96.3 Å². The predicted molar refractivity (Wildman–Crippen MR) is 61.1 cm³/mol. The zero-order chi connectivity index (χ0) is 12.6. The summed E-state index contributed by atoms with van der Waals surface area (Å²) in [5, 5.41) is 8.34. The zero-order valence-electron chi connectivity index (χ0n) is 10.2. The summed E-state index contributed by atoms with van der Waals surface area (Å²) < 4.78 is 5.15. The predicted octanol–water partition coefficient (Wildman–Crippen LogP) is 2.53. The highest BCUT2D eigenvalue weighted by molar-refractivity contribution is 5.90. The van der Waals surface area contributed by atoms with E-state index in [-0.39, 0.29) is 0 Å². The maximum atomic E-state index is 11.2. The lowest BCUT2D eigenvalue weighted by Gasteiger charge is -2.24. The van der Waals surface area contributed by atoms with Crippen molar-refractivity contribution < 1.29 is 19.4 Å². The Morgan fingerprint density at radius 2 is 1.88 bits per heavy atom. The lowest BCUT2D eigenvalue weighted by molar-refractivity contribution is -0.151. The van der Waals surface area contributed by atoms with Gasteiger partial charge in [-0.25, -0.2) is 9.59 Å². The molecule has 0 atom stereocenters. The van der Waals surface area contributed by atoms with Crippen LogP contribution in [0.2, 0.25) is 0 Å². The van der Waals surface area contributed by atoms with E-state index in [1.54, 1.807) is 0 Å². The van der Waals surface area contributed by atoms with Gasteiger partial charge in [-0.2, -0.15) is 0 Å². The smallest absolute Gasteiger partial charge is 0.331 e. The van der Waals surface area contributed by atoms with E-state index >= 15 is 0 Å². The lowest BCUT2D eigenvalue weighted by atomic mass is 10.0. The highest BCUT2D eigenvalue weighted by Crippen LogP contribution is 2.18. The summed E-state index contributed by atoms with van der Waals surface area (Å²) >= 11 is 0. The SMILES string of the molecule is CCCCCC(C)(C)OC(=O)/C=C/C(=O)O. The summed E-state index contributed by atoms with van der Waals surface area (Å²) in [4.78, 5) is 21.4. The first kappa shape index (κ1) is 14.7. The second-order valence-electron chi connectivity index (χ2n) is 4.31. The van der Waals surface area contributed by atoms with Crippen LogP contribution in [-0.4, -0.2) is 22.6 Å². The number of carbonyl (C=O) groups is 2. The van der Waals surface area contributed by atoms with Crippen molar-refractivity contribution in [2.45, 2.75) is 52.1 Å². The van der Waals surface area contributed by atoms with Crippen molar-refractivity contribution in [1.82, 2.24) is 0 Å². The van der Waals surface area contributed by atoms with E-state index < -0.39 is 17.5 Å². The third-order valence-corrected chi connectivity index (χ3v) is 2.12. The molecule has 92 valence electrons. The zero-order valence-corrected chi connectivity index (χ0v) is 10.2. The van der Waals surface area contributed by atoms with E-state index in [1.807, 2.05) is 13.8 Å². The van der Waals surface area contributed by atoms with Gasteiger partial charge in [-0.3, -0.25) is 0 Å². The summed E-state index contributed by atoms with van der Waals surface area (Å²) in [5.41, 5.74) is -0.533. The summed E-state index contributed by atoms with van der Waals surface area (Å²) in [6.07, 6.45) is 5.72. The lowest BCUT2D eigenvalue weighted by Crippen LogP contribution is -2.27. The molecule has 0 rings (SSSR count). The third kappa shape index (κ3) is 8.03. The number of carbonyl (C=O) groups excluding carboxylic acids is 1. The molecule has 0 aliphatic rings. The standard InChI is InChI=1S/C12H20O4/c1-4-5-6-9-12(2,3)16-11(15)8-7-10(13)14/h7-8H,4-6,9H2,1-3H3,(H,13,14)/b8-7+. The number of hydrogen-bond acceptors (Lipinski definition) is 3. The number of esters is 1. The Hall–Kier alpha value is -1.32. The number of carboxylic acids is 1. The maximum absolute atomic E-state index is 11.2. The molecule has 16 heavy (non-hydrogen) atoms. The van der Waals surface area contributed by atoms with Crippen LogP contribution in [0.3, 0.4) is 0 Å². The number of ether oxygens (including phenoxy) is 1. The maximum Gasteiger partial charge on any atom is 0.331 e. The molecule has 0 amide bonds. The van der Waals surface area contributed by atoms with Crippen molar-refractivity contribution in [3.63, 3.8) is 0 Å². The van der Waals surface area contributed by atoms with E-state index in [4.69, 9.17) is 9.84 Å². The largest absolute Gasteiger partial charge is 0.478 e. The second-order valence-corrected chi connectivity index (χ2v) is 4.31. The van der Waals surface area contributed by atoms with Gasteiger partial charge in [0.25, 0.3) is 0 Å². The van der Waals surface area contributed by atoms with E-state index in [1.165, 1.54) is 0 Å². The van der Waals surface area contributed by atoms with Gasteiger partial charge >= 0.3 is 11.9 Å². The van der Waals surface area contributed by atoms with Crippen molar-refractivity contribution in [2.75, 3.05) is 0 Å². The van der Waals surface area contributed by atoms with Crippen LogP contribution in [0.5, 0.6) is 0 Å². The molecule has 0 fully saturated rings. The van der Waals surface area contributed by atoms with Crippen LogP contribution in [0.4, 0.5) is 0 Å². The molecular formula is C12H20O4. The molecule has 0 saturated carbocycles. The first-order valence-corrected chi connectivity index (χ1v) is 5.51. The fraction of sp³-hybridized carbons (Fsp3) is 0.667. The Bertz CT molecular complexity index is 266. The van der Waals surface area contributed by atoms with Gasteiger partial charge in [0.1, 0.15) is 5.60 Å². The second kappa shape index (κ2) is 7.04. The van der Waals surface area contributed by atoms with Crippen molar-refractivity contribution in [1.29, 1.82) is 0 Å². The average molecular weight is 228 g/mol.